The Morgan fingerprint density at radius 2 is 1.96 bits per heavy atom. The molecule has 5 nitrogen and oxygen atoms in total. The van der Waals surface area contributed by atoms with Gasteiger partial charge in [-0.2, -0.15) is 0 Å². The average Bonchev–Trinajstić information content (AvgIpc) is 2.68. The van der Waals surface area contributed by atoms with Crippen molar-refractivity contribution in [2.24, 2.45) is 0 Å². The highest BCUT2D eigenvalue weighted by Gasteiger charge is 2.29. The third-order valence-electron chi connectivity index (χ3n) is 5.55. The third-order valence-corrected chi connectivity index (χ3v) is 5.55. The fourth-order valence-corrected chi connectivity index (χ4v) is 4.04. The van der Waals surface area contributed by atoms with Crippen molar-refractivity contribution in [1.29, 1.82) is 0 Å². The van der Waals surface area contributed by atoms with E-state index < -0.39 is 0 Å². The monoisotopic (exact) mass is 368 g/mol. The van der Waals surface area contributed by atoms with E-state index in [9.17, 15) is 9.18 Å². The number of aromatic nitrogens is 1. The van der Waals surface area contributed by atoms with Crippen LogP contribution in [0.25, 0.3) is 0 Å². The summed E-state index contributed by atoms with van der Waals surface area (Å²) in [4.78, 5) is 23.3. The Bertz CT molecular complexity index is 810. The molecule has 1 atom stereocenters. The van der Waals surface area contributed by atoms with Gasteiger partial charge in [-0.25, -0.2) is 9.37 Å². The lowest BCUT2D eigenvalue weighted by atomic mass is 10.00. The maximum Gasteiger partial charge on any atom is 0.236 e. The predicted octanol–water partition coefficient (Wildman–Crippen LogP) is 2.32. The summed E-state index contributed by atoms with van der Waals surface area (Å²) in [7, 11) is 0. The van der Waals surface area contributed by atoms with Crippen molar-refractivity contribution in [3.63, 3.8) is 0 Å². The third kappa shape index (κ3) is 3.95. The molecule has 1 fully saturated rings. The normalized spacial score (nSPS) is 20.4. The summed E-state index contributed by atoms with van der Waals surface area (Å²) >= 11 is 0. The lowest BCUT2D eigenvalue weighted by Gasteiger charge is -2.41. The van der Waals surface area contributed by atoms with Crippen LogP contribution in [0.5, 0.6) is 0 Å². The molecule has 2 aliphatic rings. The molecule has 4 rings (SSSR count). The van der Waals surface area contributed by atoms with Crippen molar-refractivity contribution in [1.82, 2.24) is 14.8 Å². The number of rotatable bonds is 3. The van der Waals surface area contributed by atoms with Crippen molar-refractivity contribution < 1.29 is 9.18 Å². The fourth-order valence-electron chi connectivity index (χ4n) is 4.04. The summed E-state index contributed by atoms with van der Waals surface area (Å²) in [5.74, 6) is 0.625. The zero-order valence-corrected chi connectivity index (χ0v) is 15.6. The number of amides is 1. The molecule has 0 N–H and O–H groups in total. The van der Waals surface area contributed by atoms with Crippen LogP contribution < -0.4 is 4.90 Å². The number of fused-ring (bicyclic) bond motifs is 1. The molecule has 27 heavy (non-hydrogen) atoms. The highest BCUT2D eigenvalue weighted by atomic mass is 19.1. The van der Waals surface area contributed by atoms with Crippen molar-refractivity contribution in [3.05, 3.63) is 59.5 Å². The molecule has 1 aromatic heterocycles. The molecule has 2 aromatic rings. The number of piperazine rings is 1. The van der Waals surface area contributed by atoms with E-state index in [4.69, 9.17) is 0 Å². The van der Waals surface area contributed by atoms with Gasteiger partial charge in [0.1, 0.15) is 11.6 Å². The lowest BCUT2D eigenvalue weighted by Crippen LogP contribution is -2.55. The smallest absolute Gasteiger partial charge is 0.236 e. The molecule has 2 aliphatic heterocycles. The summed E-state index contributed by atoms with van der Waals surface area (Å²) in [6.45, 7) is 6.38. The summed E-state index contributed by atoms with van der Waals surface area (Å²) in [6.07, 6.45) is 2.25. The van der Waals surface area contributed by atoms with Crippen LogP contribution in [0.3, 0.4) is 0 Å². The van der Waals surface area contributed by atoms with Gasteiger partial charge < -0.3 is 9.80 Å². The zero-order valence-electron chi connectivity index (χ0n) is 15.6. The number of hydrogen-bond donors (Lipinski definition) is 0. The molecule has 1 unspecified atom stereocenters. The van der Waals surface area contributed by atoms with Gasteiger partial charge in [-0.15, -0.1) is 0 Å². The molecule has 1 saturated heterocycles. The highest BCUT2D eigenvalue weighted by molar-refractivity contribution is 5.78. The number of pyridine rings is 1. The molecule has 0 radical (unpaired) electrons. The van der Waals surface area contributed by atoms with E-state index in [1.165, 1.54) is 23.4 Å². The van der Waals surface area contributed by atoms with Gasteiger partial charge >= 0.3 is 0 Å². The molecule has 0 aliphatic carbocycles. The number of benzene rings is 1. The summed E-state index contributed by atoms with van der Waals surface area (Å²) in [5.41, 5.74) is 2.73. The van der Waals surface area contributed by atoms with Crippen LogP contribution in [-0.2, 0) is 17.8 Å². The second-order valence-electron chi connectivity index (χ2n) is 7.45. The van der Waals surface area contributed by atoms with Crippen molar-refractivity contribution in [2.45, 2.75) is 25.9 Å². The van der Waals surface area contributed by atoms with E-state index in [1.54, 1.807) is 6.07 Å². The number of carbonyl (C=O) groups is 1. The van der Waals surface area contributed by atoms with Crippen LogP contribution >= 0.6 is 0 Å². The maximum atomic E-state index is 13.1. The van der Waals surface area contributed by atoms with Crippen LogP contribution in [-0.4, -0.2) is 59.5 Å². The van der Waals surface area contributed by atoms with Crippen LogP contribution in [0.2, 0.25) is 0 Å². The Morgan fingerprint density at radius 1 is 1.15 bits per heavy atom. The molecular formula is C21H25FN4O. The Balaban J connectivity index is 1.34. The molecule has 1 amide bonds. The van der Waals surface area contributed by atoms with Gasteiger partial charge in [-0.1, -0.05) is 24.3 Å². The number of halogens is 1. The number of nitrogens with zero attached hydrogens (tertiary/aromatic N) is 4. The van der Waals surface area contributed by atoms with Crippen LogP contribution in [0.1, 0.15) is 18.1 Å². The number of carbonyl (C=O) groups excluding carboxylic acids is 1. The van der Waals surface area contributed by atoms with Crippen molar-refractivity contribution in [3.8, 4) is 0 Å². The van der Waals surface area contributed by atoms with Crippen molar-refractivity contribution in [2.75, 3.05) is 37.6 Å². The minimum absolute atomic E-state index is 0.155. The minimum atomic E-state index is -0.330. The molecule has 1 aromatic carbocycles. The first-order valence-electron chi connectivity index (χ1n) is 9.55. The number of hydrogen-bond acceptors (Lipinski definition) is 4. The minimum Gasteiger partial charge on any atom is -0.350 e. The Labute approximate surface area is 159 Å². The van der Waals surface area contributed by atoms with Gasteiger partial charge in [0.2, 0.25) is 5.91 Å². The SMILES string of the molecule is CC1CN(C(=O)CN2CCc3ccccc3C2)CCN1c1ccc(F)cn1. The van der Waals surface area contributed by atoms with Gasteiger partial charge in [-0.3, -0.25) is 9.69 Å². The molecule has 3 heterocycles. The van der Waals surface area contributed by atoms with Crippen molar-refractivity contribution >= 4 is 11.7 Å². The zero-order chi connectivity index (χ0) is 18.8. The van der Waals surface area contributed by atoms with Crippen LogP contribution in [0.15, 0.2) is 42.6 Å². The van der Waals surface area contributed by atoms with Gasteiger partial charge in [0, 0.05) is 38.8 Å². The van der Waals surface area contributed by atoms with E-state index in [1.807, 2.05) is 4.90 Å². The largest absolute Gasteiger partial charge is 0.350 e. The molecule has 0 bridgehead atoms. The van der Waals surface area contributed by atoms with Gasteiger partial charge in [-0.05, 0) is 36.6 Å². The molecule has 142 valence electrons. The highest BCUT2D eigenvalue weighted by Crippen LogP contribution is 2.20. The second-order valence-corrected chi connectivity index (χ2v) is 7.45. The number of anilines is 1. The average molecular weight is 368 g/mol. The maximum absolute atomic E-state index is 13.1. The standard InChI is InChI=1S/C21H25FN4O/c1-16-13-25(10-11-26(16)20-7-6-19(22)12-23-20)21(27)15-24-9-8-17-4-2-3-5-18(17)14-24/h2-7,12,16H,8-11,13-15H2,1H3. The molecule has 0 saturated carbocycles. The topological polar surface area (TPSA) is 39.7 Å². The quantitative estimate of drug-likeness (QED) is 0.834. The summed E-state index contributed by atoms with van der Waals surface area (Å²) < 4.78 is 13.1. The van der Waals surface area contributed by atoms with Gasteiger partial charge in [0.15, 0.2) is 0 Å². The summed E-state index contributed by atoms with van der Waals surface area (Å²) in [5, 5.41) is 0. The molecule has 0 spiro atoms. The van der Waals surface area contributed by atoms with E-state index in [0.29, 0.717) is 26.2 Å². The van der Waals surface area contributed by atoms with E-state index >= 15 is 0 Å². The van der Waals surface area contributed by atoms with Crippen LogP contribution in [0, 0.1) is 5.82 Å². The van der Waals surface area contributed by atoms with Gasteiger partial charge in [0.25, 0.3) is 0 Å². The first-order valence-corrected chi connectivity index (χ1v) is 9.55. The van der Waals surface area contributed by atoms with E-state index in [0.717, 1.165) is 25.3 Å². The van der Waals surface area contributed by atoms with Gasteiger partial charge in [0.05, 0.1) is 12.7 Å². The Hall–Kier alpha value is -2.47. The molecular weight excluding hydrogens is 343 g/mol. The first-order chi connectivity index (χ1) is 13.1. The first kappa shape index (κ1) is 17.9. The second kappa shape index (κ2) is 7.64. The predicted molar refractivity (Wildman–Crippen MR) is 103 cm³/mol. The molecule has 6 heteroatoms. The fraction of sp³-hybridized carbons (Fsp3) is 0.429. The van der Waals surface area contributed by atoms with E-state index in [2.05, 4.69) is 46.0 Å². The summed E-state index contributed by atoms with van der Waals surface area (Å²) in [6, 6.07) is 11.8. The Morgan fingerprint density at radius 3 is 2.70 bits per heavy atom. The van der Waals surface area contributed by atoms with Crippen LogP contribution in [0.4, 0.5) is 10.2 Å². The lowest BCUT2D eigenvalue weighted by molar-refractivity contribution is -0.133. The Kier molecular flexibility index (Phi) is 5.07. The van der Waals surface area contributed by atoms with E-state index in [-0.39, 0.29) is 17.8 Å².